The number of anilines is 1. The van der Waals surface area contributed by atoms with Gasteiger partial charge >= 0.3 is 6.09 Å². The lowest BCUT2D eigenvalue weighted by Gasteiger charge is -2.25. The number of halogens is 2. The number of amides is 3. The molecule has 0 saturated carbocycles. The average Bonchev–Trinajstić information content (AvgIpc) is 2.70. The van der Waals surface area contributed by atoms with Gasteiger partial charge in [0.25, 0.3) is 5.91 Å². The van der Waals surface area contributed by atoms with Crippen molar-refractivity contribution >= 4 is 23.6 Å². The van der Waals surface area contributed by atoms with Crippen molar-refractivity contribution in [2.75, 3.05) is 12.4 Å². The third kappa shape index (κ3) is 7.54. The average molecular weight is 476 g/mol. The molecule has 2 N–H and O–H groups in total. The summed E-state index contributed by atoms with van der Waals surface area (Å²) in [7, 11) is 1.60. The van der Waals surface area contributed by atoms with Crippen LogP contribution in [0.15, 0.2) is 42.5 Å². The molecule has 0 unspecified atom stereocenters. The normalized spacial score (nSPS) is 12.1. The number of carbonyl (C=O) groups excluding carboxylic acids is 3. The van der Waals surface area contributed by atoms with E-state index in [0.717, 1.165) is 23.8 Å². The Morgan fingerprint density at radius 2 is 1.62 bits per heavy atom. The highest BCUT2D eigenvalue weighted by Gasteiger charge is 2.27. The Hall–Kier alpha value is -3.49. The van der Waals surface area contributed by atoms with Crippen molar-refractivity contribution in [3.05, 3.63) is 65.2 Å². The van der Waals surface area contributed by atoms with Crippen LogP contribution < -0.4 is 10.6 Å². The van der Waals surface area contributed by atoms with E-state index in [1.807, 2.05) is 0 Å². The zero-order valence-corrected chi connectivity index (χ0v) is 20.2. The molecular weight excluding hydrogens is 444 g/mol. The molecule has 7 nitrogen and oxygen atoms in total. The fourth-order valence-corrected chi connectivity index (χ4v) is 3.11. The summed E-state index contributed by atoms with van der Waals surface area (Å²) in [6, 6.07) is 8.91. The standard InChI is InChI=1S/C25H31F2N3O4/c1-15(2)21(29-22(31)20-18(26)11-8-12-19(20)27)23(32)28-17-10-7-9-16(13-17)14-30(6)24(33)34-25(3,4)5/h7-13,15,21H,14H2,1-6H3,(H,28,32)(H,29,31)/t21-/m0/s1. The molecule has 0 bridgehead atoms. The second-order valence-corrected chi connectivity index (χ2v) is 9.32. The molecule has 2 aromatic carbocycles. The first-order valence-corrected chi connectivity index (χ1v) is 10.9. The maximum atomic E-state index is 14.0. The van der Waals surface area contributed by atoms with Crippen molar-refractivity contribution in [1.29, 1.82) is 0 Å². The first-order valence-electron chi connectivity index (χ1n) is 10.9. The summed E-state index contributed by atoms with van der Waals surface area (Å²) in [6.45, 7) is 8.98. The van der Waals surface area contributed by atoms with Crippen molar-refractivity contribution in [3.8, 4) is 0 Å². The summed E-state index contributed by atoms with van der Waals surface area (Å²) in [4.78, 5) is 39.0. The van der Waals surface area contributed by atoms with Crippen molar-refractivity contribution in [2.45, 2.75) is 52.8 Å². The van der Waals surface area contributed by atoms with Gasteiger partial charge in [0.2, 0.25) is 5.91 Å². The van der Waals surface area contributed by atoms with Gasteiger partial charge in [-0.25, -0.2) is 13.6 Å². The number of benzene rings is 2. The molecule has 0 aromatic heterocycles. The van der Waals surface area contributed by atoms with Crippen LogP contribution in [-0.4, -0.2) is 41.5 Å². The topological polar surface area (TPSA) is 87.7 Å². The fraction of sp³-hybridized carbons (Fsp3) is 0.400. The first kappa shape index (κ1) is 26.8. The van der Waals surface area contributed by atoms with Crippen molar-refractivity contribution in [2.24, 2.45) is 5.92 Å². The Morgan fingerprint density at radius 1 is 1.03 bits per heavy atom. The molecule has 2 aromatic rings. The zero-order chi connectivity index (χ0) is 25.6. The van der Waals surface area contributed by atoms with Crippen LogP contribution in [0.5, 0.6) is 0 Å². The number of nitrogens with one attached hydrogen (secondary N) is 2. The van der Waals surface area contributed by atoms with Gasteiger partial charge < -0.3 is 20.3 Å². The van der Waals surface area contributed by atoms with Gasteiger partial charge in [-0.2, -0.15) is 0 Å². The lowest BCUT2D eigenvalue weighted by atomic mass is 10.0. The Balaban J connectivity index is 2.10. The van der Waals surface area contributed by atoms with E-state index in [-0.39, 0.29) is 12.5 Å². The van der Waals surface area contributed by atoms with Crippen molar-refractivity contribution < 1.29 is 27.9 Å². The molecule has 34 heavy (non-hydrogen) atoms. The van der Waals surface area contributed by atoms with Crippen LogP contribution in [0.1, 0.15) is 50.5 Å². The van der Waals surface area contributed by atoms with E-state index in [9.17, 15) is 23.2 Å². The van der Waals surface area contributed by atoms with Crippen LogP contribution in [0, 0.1) is 17.6 Å². The van der Waals surface area contributed by atoms with Gasteiger partial charge in [0.05, 0.1) is 0 Å². The van der Waals surface area contributed by atoms with Crippen LogP contribution in [0.25, 0.3) is 0 Å². The Labute approximate surface area is 198 Å². The van der Waals surface area contributed by atoms with Crippen LogP contribution in [-0.2, 0) is 16.1 Å². The third-order valence-electron chi connectivity index (χ3n) is 4.74. The molecule has 9 heteroatoms. The Bertz CT molecular complexity index is 1030. The van der Waals surface area contributed by atoms with Crippen LogP contribution >= 0.6 is 0 Å². The number of rotatable bonds is 7. The molecule has 0 aliphatic carbocycles. The van der Waals surface area contributed by atoms with Crippen molar-refractivity contribution in [1.82, 2.24) is 10.2 Å². The summed E-state index contributed by atoms with van der Waals surface area (Å²) in [5.41, 5.74) is -0.182. The molecule has 1 atom stereocenters. The molecule has 3 amide bonds. The molecule has 0 aliphatic rings. The zero-order valence-electron chi connectivity index (χ0n) is 20.2. The molecule has 184 valence electrons. The van der Waals surface area contributed by atoms with Gasteiger partial charge in [-0.1, -0.05) is 32.0 Å². The summed E-state index contributed by atoms with van der Waals surface area (Å²) in [5, 5.41) is 5.13. The molecule has 0 heterocycles. The van der Waals surface area contributed by atoms with Gasteiger partial charge in [-0.05, 0) is 56.5 Å². The predicted octanol–water partition coefficient (Wildman–Crippen LogP) is 4.72. The Kier molecular flexibility index (Phi) is 8.73. The van der Waals surface area contributed by atoms with E-state index < -0.39 is 46.7 Å². The van der Waals surface area contributed by atoms with Gasteiger partial charge in [0.15, 0.2) is 0 Å². The van der Waals surface area contributed by atoms with Crippen molar-refractivity contribution in [3.63, 3.8) is 0 Å². The highest BCUT2D eigenvalue weighted by molar-refractivity contribution is 6.01. The van der Waals surface area contributed by atoms with Crippen LogP contribution in [0.3, 0.4) is 0 Å². The largest absolute Gasteiger partial charge is 0.444 e. The molecule has 2 rings (SSSR count). The smallest absolute Gasteiger partial charge is 0.410 e. The Morgan fingerprint density at radius 3 is 2.18 bits per heavy atom. The van der Waals surface area contributed by atoms with E-state index in [1.165, 1.54) is 4.90 Å². The van der Waals surface area contributed by atoms with Gasteiger partial charge in [0.1, 0.15) is 28.8 Å². The minimum Gasteiger partial charge on any atom is -0.444 e. The number of ether oxygens (including phenoxy) is 1. The SMILES string of the molecule is CC(C)[C@H](NC(=O)c1c(F)cccc1F)C(=O)Nc1cccc(CN(C)C(=O)OC(C)(C)C)c1. The van der Waals surface area contributed by atoms with Gasteiger partial charge in [-0.3, -0.25) is 9.59 Å². The molecule has 0 fully saturated rings. The summed E-state index contributed by atoms with van der Waals surface area (Å²) in [5.74, 6) is -3.94. The number of nitrogens with zero attached hydrogens (tertiary/aromatic N) is 1. The number of hydrogen-bond acceptors (Lipinski definition) is 4. The van der Waals surface area contributed by atoms with E-state index in [2.05, 4.69) is 10.6 Å². The number of hydrogen-bond donors (Lipinski definition) is 2. The monoisotopic (exact) mass is 475 g/mol. The van der Waals surface area contributed by atoms with Crippen LogP contribution in [0.2, 0.25) is 0 Å². The van der Waals surface area contributed by atoms with Gasteiger partial charge in [0, 0.05) is 19.3 Å². The summed E-state index contributed by atoms with van der Waals surface area (Å²) >= 11 is 0. The molecule has 0 spiro atoms. The second-order valence-electron chi connectivity index (χ2n) is 9.32. The fourth-order valence-electron chi connectivity index (χ4n) is 3.11. The maximum Gasteiger partial charge on any atom is 0.410 e. The first-order chi connectivity index (χ1) is 15.8. The van der Waals surface area contributed by atoms with E-state index in [4.69, 9.17) is 4.74 Å². The quantitative estimate of drug-likeness (QED) is 0.606. The number of carbonyl (C=O) groups is 3. The summed E-state index contributed by atoms with van der Waals surface area (Å²) < 4.78 is 33.3. The molecule has 0 radical (unpaired) electrons. The third-order valence-corrected chi connectivity index (χ3v) is 4.74. The minimum absolute atomic E-state index is 0.246. The lowest BCUT2D eigenvalue weighted by molar-refractivity contribution is -0.118. The highest BCUT2D eigenvalue weighted by Crippen LogP contribution is 2.17. The van der Waals surface area contributed by atoms with Crippen LogP contribution in [0.4, 0.5) is 19.3 Å². The molecule has 0 aliphatic heterocycles. The second kappa shape index (κ2) is 11.1. The highest BCUT2D eigenvalue weighted by atomic mass is 19.1. The molecular formula is C25H31F2N3O4. The van der Waals surface area contributed by atoms with E-state index in [1.54, 1.807) is 65.9 Å². The van der Waals surface area contributed by atoms with E-state index >= 15 is 0 Å². The predicted molar refractivity (Wildman–Crippen MR) is 125 cm³/mol. The van der Waals surface area contributed by atoms with Gasteiger partial charge in [-0.15, -0.1) is 0 Å². The minimum atomic E-state index is -1.04. The summed E-state index contributed by atoms with van der Waals surface area (Å²) in [6.07, 6.45) is -0.482. The van der Waals surface area contributed by atoms with E-state index in [0.29, 0.717) is 5.69 Å². The maximum absolute atomic E-state index is 14.0. The molecule has 0 saturated heterocycles. The lowest BCUT2D eigenvalue weighted by Crippen LogP contribution is -2.47.